The van der Waals surface area contributed by atoms with Crippen molar-refractivity contribution < 1.29 is 13.9 Å². The van der Waals surface area contributed by atoms with Gasteiger partial charge in [-0.05, 0) is 58.3 Å². The first-order valence-corrected chi connectivity index (χ1v) is 7.91. The molecule has 0 bridgehead atoms. The molecule has 0 saturated heterocycles. The molecule has 1 rings (SSSR count). The van der Waals surface area contributed by atoms with Crippen LogP contribution in [0.1, 0.15) is 58.8 Å². The van der Waals surface area contributed by atoms with Crippen molar-refractivity contribution in [2.75, 3.05) is 13.2 Å². The van der Waals surface area contributed by atoms with Crippen molar-refractivity contribution in [3.63, 3.8) is 0 Å². The van der Waals surface area contributed by atoms with E-state index in [-0.39, 0.29) is 18.1 Å². The average Bonchev–Trinajstić information content (AvgIpc) is 2.40. The molecule has 1 saturated carbocycles. The number of hydrogen-bond donors (Lipinski definition) is 1. The van der Waals surface area contributed by atoms with E-state index in [1.54, 1.807) is 0 Å². The molecule has 1 fully saturated rings. The van der Waals surface area contributed by atoms with Crippen LogP contribution in [0, 0.1) is 11.3 Å². The fourth-order valence-corrected chi connectivity index (χ4v) is 3.02. The first-order valence-electron chi connectivity index (χ1n) is 7.91. The van der Waals surface area contributed by atoms with Gasteiger partial charge in [0.2, 0.25) is 0 Å². The number of ether oxygens (including phenoxy) is 1. The van der Waals surface area contributed by atoms with Crippen LogP contribution in [0.5, 0.6) is 0 Å². The summed E-state index contributed by atoms with van der Waals surface area (Å²) in [6.45, 7) is 4.33. The molecule has 118 valence electrons. The summed E-state index contributed by atoms with van der Waals surface area (Å²) >= 11 is 0. The smallest absolute Gasteiger partial charge is 0.126 e. The maximum atomic E-state index is 12.7. The van der Waals surface area contributed by atoms with Crippen molar-refractivity contribution in [1.82, 2.24) is 0 Å². The van der Waals surface area contributed by atoms with Crippen LogP contribution in [-0.2, 0) is 9.53 Å². The maximum Gasteiger partial charge on any atom is 0.126 e. The van der Waals surface area contributed by atoms with E-state index < -0.39 is 6.17 Å². The molecule has 20 heavy (non-hydrogen) atoms. The summed E-state index contributed by atoms with van der Waals surface area (Å²) in [6.07, 6.45) is 7.12. The molecule has 0 heterocycles. The highest BCUT2D eigenvalue weighted by Crippen LogP contribution is 2.41. The standard InChI is InChI=1S/C16H30FNO2/c1-13(17)10-20-11-15-5-8-16(12-19,9-6-15)7-3-4-14(2)18/h12-15H,3-11,18H2,1-2H3. The lowest BCUT2D eigenvalue weighted by molar-refractivity contribution is -0.119. The largest absolute Gasteiger partial charge is 0.378 e. The third kappa shape index (κ3) is 6.31. The highest BCUT2D eigenvalue weighted by Gasteiger charge is 2.34. The molecule has 3 nitrogen and oxygen atoms in total. The molecule has 4 heteroatoms. The van der Waals surface area contributed by atoms with E-state index in [2.05, 4.69) is 0 Å². The zero-order chi connectivity index (χ0) is 15.0. The summed E-state index contributed by atoms with van der Waals surface area (Å²) in [6, 6.07) is 0.214. The van der Waals surface area contributed by atoms with Crippen molar-refractivity contribution in [2.45, 2.75) is 71.0 Å². The van der Waals surface area contributed by atoms with Gasteiger partial charge in [0.25, 0.3) is 0 Å². The molecule has 0 aliphatic heterocycles. The van der Waals surface area contributed by atoms with Crippen LogP contribution in [-0.4, -0.2) is 31.7 Å². The lowest BCUT2D eigenvalue weighted by Crippen LogP contribution is -2.31. The third-order valence-corrected chi connectivity index (χ3v) is 4.39. The molecule has 2 unspecified atom stereocenters. The van der Waals surface area contributed by atoms with Crippen molar-refractivity contribution in [3.8, 4) is 0 Å². The number of carbonyl (C=O) groups excluding carboxylic acids is 1. The Morgan fingerprint density at radius 3 is 2.55 bits per heavy atom. The monoisotopic (exact) mass is 287 g/mol. The topological polar surface area (TPSA) is 52.3 Å². The summed E-state index contributed by atoms with van der Waals surface area (Å²) in [5.41, 5.74) is 5.62. The van der Waals surface area contributed by atoms with E-state index in [1.165, 1.54) is 6.92 Å². The van der Waals surface area contributed by atoms with Gasteiger partial charge in [0.15, 0.2) is 0 Å². The molecule has 0 amide bonds. The van der Waals surface area contributed by atoms with E-state index in [1.807, 2.05) is 6.92 Å². The number of nitrogens with two attached hydrogens (primary N) is 1. The molecule has 2 N–H and O–H groups in total. The Bertz CT molecular complexity index is 274. The van der Waals surface area contributed by atoms with Crippen LogP contribution in [0.3, 0.4) is 0 Å². The van der Waals surface area contributed by atoms with Gasteiger partial charge >= 0.3 is 0 Å². The number of carbonyl (C=O) groups is 1. The summed E-state index contributed by atoms with van der Waals surface area (Å²) in [5.74, 6) is 0.482. The number of rotatable bonds is 9. The Balaban J connectivity index is 2.28. The second-order valence-corrected chi connectivity index (χ2v) is 6.61. The van der Waals surface area contributed by atoms with Crippen LogP contribution >= 0.6 is 0 Å². The number of halogens is 1. The van der Waals surface area contributed by atoms with Gasteiger partial charge in [0, 0.05) is 18.1 Å². The van der Waals surface area contributed by atoms with Gasteiger partial charge in [-0.25, -0.2) is 4.39 Å². The Kier molecular flexibility index (Phi) is 7.67. The Morgan fingerprint density at radius 1 is 1.40 bits per heavy atom. The van der Waals surface area contributed by atoms with Gasteiger partial charge in [-0.3, -0.25) is 0 Å². The molecule has 0 spiro atoms. The number of aldehydes is 1. The second kappa shape index (κ2) is 8.73. The Labute approximate surface area is 122 Å². The highest BCUT2D eigenvalue weighted by atomic mass is 19.1. The fourth-order valence-electron chi connectivity index (χ4n) is 3.02. The second-order valence-electron chi connectivity index (χ2n) is 6.61. The molecular weight excluding hydrogens is 257 g/mol. The van der Waals surface area contributed by atoms with Gasteiger partial charge in [0.1, 0.15) is 12.5 Å². The first kappa shape index (κ1) is 17.6. The summed E-state index contributed by atoms with van der Waals surface area (Å²) in [7, 11) is 0. The maximum absolute atomic E-state index is 12.7. The first-order chi connectivity index (χ1) is 9.47. The molecule has 0 aromatic heterocycles. The zero-order valence-corrected chi connectivity index (χ0v) is 12.9. The van der Waals surface area contributed by atoms with Crippen molar-refractivity contribution in [3.05, 3.63) is 0 Å². The number of alkyl halides is 1. The van der Waals surface area contributed by atoms with Gasteiger partial charge in [-0.1, -0.05) is 6.42 Å². The summed E-state index contributed by atoms with van der Waals surface area (Å²) < 4.78 is 18.0. The van der Waals surface area contributed by atoms with E-state index >= 15 is 0 Å². The SMILES string of the molecule is CC(N)CCCC1(C=O)CCC(COCC(C)F)CC1. The van der Waals surface area contributed by atoms with Crippen molar-refractivity contribution in [1.29, 1.82) is 0 Å². The van der Waals surface area contributed by atoms with Crippen LogP contribution in [0.15, 0.2) is 0 Å². The molecule has 2 atom stereocenters. The predicted molar refractivity (Wildman–Crippen MR) is 79.3 cm³/mol. The normalized spacial score (nSPS) is 29.9. The molecular formula is C16H30FNO2. The zero-order valence-electron chi connectivity index (χ0n) is 12.9. The summed E-state index contributed by atoms with van der Waals surface area (Å²) in [4.78, 5) is 11.5. The van der Waals surface area contributed by atoms with Gasteiger partial charge in [-0.15, -0.1) is 0 Å². The van der Waals surface area contributed by atoms with E-state index in [4.69, 9.17) is 10.5 Å². The number of hydrogen-bond acceptors (Lipinski definition) is 3. The van der Waals surface area contributed by atoms with Gasteiger partial charge in [0.05, 0.1) is 6.61 Å². The third-order valence-electron chi connectivity index (χ3n) is 4.39. The van der Waals surface area contributed by atoms with Crippen LogP contribution in [0.25, 0.3) is 0 Å². The molecule has 1 aliphatic carbocycles. The predicted octanol–water partition coefficient (Wildman–Crippen LogP) is 3.25. The van der Waals surface area contributed by atoms with E-state index in [0.29, 0.717) is 12.5 Å². The quantitative estimate of drug-likeness (QED) is 0.662. The van der Waals surface area contributed by atoms with Crippen molar-refractivity contribution in [2.24, 2.45) is 17.1 Å². The van der Waals surface area contributed by atoms with Crippen LogP contribution < -0.4 is 5.73 Å². The van der Waals surface area contributed by atoms with Crippen LogP contribution in [0.2, 0.25) is 0 Å². The minimum atomic E-state index is -0.897. The lowest BCUT2D eigenvalue weighted by Gasteiger charge is -2.36. The van der Waals surface area contributed by atoms with Crippen molar-refractivity contribution >= 4 is 6.29 Å². The summed E-state index contributed by atoms with van der Waals surface area (Å²) in [5, 5.41) is 0. The van der Waals surface area contributed by atoms with E-state index in [0.717, 1.165) is 51.2 Å². The molecule has 0 aromatic carbocycles. The molecule has 0 radical (unpaired) electrons. The van der Waals surface area contributed by atoms with Gasteiger partial charge in [-0.2, -0.15) is 0 Å². The molecule has 0 aromatic rings. The molecule has 1 aliphatic rings. The Hall–Kier alpha value is -0.480. The van der Waals surface area contributed by atoms with Gasteiger partial charge < -0.3 is 15.3 Å². The fraction of sp³-hybridized carbons (Fsp3) is 0.938. The average molecular weight is 287 g/mol. The highest BCUT2D eigenvalue weighted by molar-refractivity contribution is 5.59. The minimum absolute atomic E-state index is 0.140. The lowest BCUT2D eigenvalue weighted by atomic mass is 9.69. The Morgan fingerprint density at radius 2 is 2.05 bits per heavy atom. The van der Waals surface area contributed by atoms with Crippen LogP contribution in [0.4, 0.5) is 4.39 Å². The minimum Gasteiger partial charge on any atom is -0.378 e. The van der Waals surface area contributed by atoms with E-state index in [9.17, 15) is 9.18 Å².